The lowest BCUT2D eigenvalue weighted by Crippen LogP contribution is -2.22. The summed E-state index contributed by atoms with van der Waals surface area (Å²) in [5.74, 6) is -1.30. The van der Waals surface area contributed by atoms with Crippen molar-refractivity contribution in [3.8, 4) is 0 Å². The number of nitrogens with one attached hydrogen (secondary N) is 2. The van der Waals surface area contributed by atoms with Crippen molar-refractivity contribution in [3.63, 3.8) is 0 Å². The summed E-state index contributed by atoms with van der Waals surface area (Å²) < 4.78 is 16.3. The van der Waals surface area contributed by atoms with Crippen molar-refractivity contribution in [2.24, 2.45) is 0 Å². The minimum atomic E-state index is -0.466. The zero-order valence-electron chi connectivity index (χ0n) is 17.9. The van der Waals surface area contributed by atoms with E-state index in [4.69, 9.17) is 0 Å². The molecule has 2 amide bonds. The van der Waals surface area contributed by atoms with Gasteiger partial charge >= 0.3 is 0 Å². The molecule has 7 heteroatoms. The van der Waals surface area contributed by atoms with Crippen molar-refractivity contribution in [3.05, 3.63) is 71.8 Å². The first-order chi connectivity index (χ1) is 15.4. The SMILES string of the molecule is CN(C)CCCn1cc(C2=C(c3c[nH]c4ccccc34)C(=O)NC2=O)c2cc(F)ccc21. The number of aryl methyl sites for hydroxylation is 1. The monoisotopic (exact) mass is 430 g/mol. The fraction of sp³-hybridized carbons (Fsp3) is 0.200. The third kappa shape index (κ3) is 3.31. The van der Waals surface area contributed by atoms with Gasteiger partial charge in [0.25, 0.3) is 11.8 Å². The lowest BCUT2D eigenvalue weighted by atomic mass is 9.95. The Hall–Kier alpha value is -3.71. The molecule has 2 aromatic carbocycles. The number of carbonyl (C=O) groups excluding carboxylic acids is 2. The number of para-hydroxylation sites is 1. The molecule has 0 saturated carbocycles. The molecule has 0 saturated heterocycles. The zero-order chi connectivity index (χ0) is 22.4. The highest BCUT2D eigenvalue weighted by Gasteiger charge is 2.35. The second-order valence-corrected chi connectivity index (χ2v) is 8.34. The number of benzene rings is 2. The average molecular weight is 430 g/mol. The van der Waals surface area contributed by atoms with Gasteiger partial charge in [0.1, 0.15) is 5.82 Å². The first-order valence-corrected chi connectivity index (χ1v) is 10.5. The van der Waals surface area contributed by atoms with Crippen molar-refractivity contribution in [1.29, 1.82) is 0 Å². The standard InChI is InChI=1S/C25H23FN4O2/c1-29(2)10-5-11-30-14-19(17-12-15(26)8-9-21(17)30)23-22(24(31)28-25(23)32)18-13-27-20-7-4-3-6-16(18)20/h3-4,6-9,12-14,27H,5,10-11H2,1-2H3,(H,28,31,32). The first-order valence-electron chi connectivity index (χ1n) is 10.5. The second-order valence-electron chi connectivity index (χ2n) is 8.34. The molecule has 2 N–H and O–H groups in total. The van der Waals surface area contributed by atoms with Crippen LogP contribution in [0.2, 0.25) is 0 Å². The van der Waals surface area contributed by atoms with Gasteiger partial charge in [-0.1, -0.05) is 18.2 Å². The van der Waals surface area contributed by atoms with Gasteiger partial charge < -0.3 is 14.5 Å². The highest BCUT2D eigenvalue weighted by molar-refractivity contribution is 6.50. The van der Waals surface area contributed by atoms with Crippen LogP contribution in [0.1, 0.15) is 17.5 Å². The van der Waals surface area contributed by atoms with E-state index in [2.05, 4.69) is 15.2 Å². The Morgan fingerprint density at radius 3 is 2.50 bits per heavy atom. The Bertz CT molecular complexity index is 1410. The van der Waals surface area contributed by atoms with Crippen LogP contribution in [-0.4, -0.2) is 46.9 Å². The fourth-order valence-corrected chi connectivity index (χ4v) is 4.46. The normalized spacial score (nSPS) is 14.4. The van der Waals surface area contributed by atoms with Crippen LogP contribution in [0.5, 0.6) is 0 Å². The van der Waals surface area contributed by atoms with Gasteiger partial charge in [-0.3, -0.25) is 14.9 Å². The second kappa shape index (κ2) is 7.76. The van der Waals surface area contributed by atoms with Crippen molar-refractivity contribution in [1.82, 2.24) is 19.8 Å². The van der Waals surface area contributed by atoms with Crippen molar-refractivity contribution in [2.45, 2.75) is 13.0 Å². The molecule has 0 atom stereocenters. The number of aromatic amines is 1. The molecule has 5 rings (SSSR count). The summed E-state index contributed by atoms with van der Waals surface area (Å²) in [4.78, 5) is 31.1. The third-order valence-electron chi connectivity index (χ3n) is 5.91. The molecule has 0 bridgehead atoms. The number of halogens is 1. The molecule has 0 unspecified atom stereocenters. The molecule has 3 heterocycles. The molecule has 4 aromatic rings. The maximum Gasteiger partial charge on any atom is 0.259 e. The van der Waals surface area contributed by atoms with E-state index in [0.717, 1.165) is 29.4 Å². The van der Waals surface area contributed by atoms with Gasteiger partial charge in [-0.2, -0.15) is 0 Å². The molecular weight excluding hydrogens is 407 g/mol. The topological polar surface area (TPSA) is 70.1 Å². The van der Waals surface area contributed by atoms with Crippen LogP contribution in [0, 0.1) is 5.82 Å². The van der Waals surface area contributed by atoms with Crippen LogP contribution in [-0.2, 0) is 16.1 Å². The quantitative estimate of drug-likeness (QED) is 0.458. The largest absolute Gasteiger partial charge is 0.361 e. The van der Waals surface area contributed by atoms with Crippen molar-refractivity contribution < 1.29 is 14.0 Å². The van der Waals surface area contributed by atoms with E-state index in [1.54, 1.807) is 12.3 Å². The van der Waals surface area contributed by atoms with Crippen molar-refractivity contribution in [2.75, 3.05) is 20.6 Å². The van der Waals surface area contributed by atoms with Crippen LogP contribution < -0.4 is 5.32 Å². The molecular formula is C25H23FN4O2. The zero-order valence-corrected chi connectivity index (χ0v) is 17.9. The number of nitrogens with zero attached hydrogens (tertiary/aromatic N) is 2. The molecule has 1 aliphatic heterocycles. The van der Waals surface area contributed by atoms with E-state index >= 15 is 0 Å². The van der Waals surface area contributed by atoms with Crippen LogP contribution in [0.15, 0.2) is 54.9 Å². The molecule has 2 aromatic heterocycles. The van der Waals surface area contributed by atoms with Gasteiger partial charge in [0, 0.05) is 51.9 Å². The highest BCUT2D eigenvalue weighted by atomic mass is 19.1. The van der Waals surface area contributed by atoms with E-state index in [1.165, 1.54) is 12.1 Å². The molecule has 0 radical (unpaired) electrons. The van der Waals surface area contributed by atoms with Gasteiger partial charge in [-0.25, -0.2) is 4.39 Å². The van der Waals surface area contributed by atoms with E-state index < -0.39 is 11.8 Å². The summed E-state index contributed by atoms with van der Waals surface area (Å²) >= 11 is 0. The molecule has 0 fully saturated rings. The van der Waals surface area contributed by atoms with Crippen molar-refractivity contribution >= 4 is 44.8 Å². The molecule has 1 aliphatic rings. The van der Waals surface area contributed by atoms with E-state index in [-0.39, 0.29) is 11.4 Å². The van der Waals surface area contributed by atoms with Gasteiger partial charge in [0.15, 0.2) is 0 Å². The molecule has 32 heavy (non-hydrogen) atoms. The predicted octanol–water partition coefficient (Wildman–Crippen LogP) is 3.78. The summed E-state index contributed by atoms with van der Waals surface area (Å²) in [6.45, 7) is 1.62. The summed E-state index contributed by atoms with van der Waals surface area (Å²) in [5, 5.41) is 3.91. The number of imide groups is 1. The smallest absolute Gasteiger partial charge is 0.259 e. The minimum Gasteiger partial charge on any atom is -0.361 e. The Morgan fingerprint density at radius 2 is 1.72 bits per heavy atom. The van der Waals surface area contributed by atoms with E-state index in [1.807, 2.05) is 49.1 Å². The maximum absolute atomic E-state index is 14.2. The van der Waals surface area contributed by atoms with Gasteiger partial charge in [0.05, 0.1) is 11.1 Å². The van der Waals surface area contributed by atoms with Gasteiger partial charge in [-0.05, 0) is 51.3 Å². The number of hydrogen-bond acceptors (Lipinski definition) is 3. The number of carbonyl (C=O) groups is 2. The Labute approximate surface area is 184 Å². The van der Waals surface area contributed by atoms with E-state index in [9.17, 15) is 14.0 Å². The molecule has 0 aliphatic carbocycles. The number of rotatable bonds is 6. The number of amides is 2. The number of fused-ring (bicyclic) bond motifs is 2. The maximum atomic E-state index is 14.2. The van der Waals surface area contributed by atoms with Crippen LogP contribution in [0.4, 0.5) is 4.39 Å². The molecule has 0 spiro atoms. The lowest BCUT2D eigenvalue weighted by molar-refractivity contribution is -0.122. The number of aromatic nitrogens is 2. The minimum absolute atomic E-state index is 0.279. The average Bonchev–Trinajstić information content (AvgIpc) is 3.40. The summed E-state index contributed by atoms with van der Waals surface area (Å²) in [6, 6.07) is 12.2. The summed E-state index contributed by atoms with van der Waals surface area (Å²) in [7, 11) is 4.03. The van der Waals surface area contributed by atoms with Gasteiger partial charge in [0.2, 0.25) is 0 Å². The Kier molecular flexibility index (Phi) is 4.90. The fourth-order valence-electron chi connectivity index (χ4n) is 4.46. The predicted molar refractivity (Wildman–Crippen MR) is 123 cm³/mol. The van der Waals surface area contributed by atoms with Crippen LogP contribution in [0.3, 0.4) is 0 Å². The highest BCUT2D eigenvalue weighted by Crippen LogP contribution is 2.38. The number of H-pyrrole nitrogens is 1. The van der Waals surface area contributed by atoms with E-state index in [0.29, 0.717) is 28.6 Å². The summed E-state index contributed by atoms with van der Waals surface area (Å²) in [5.41, 5.74) is 3.51. The number of hydrogen-bond donors (Lipinski definition) is 2. The first kappa shape index (κ1) is 20.2. The van der Waals surface area contributed by atoms with Crippen LogP contribution >= 0.6 is 0 Å². The Morgan fingerprint density at radius 1 is 0.969 bits per heavy atom. The molecule has 162 valence electrons. The third-order valence-corrected chi connectivity index (χ3v) is 5.91. The Balaban J connectivity index is 1.72. The summed E-state index contributed by atoms with van der Waals surface area (Å²) in [6.07, 6.45) is 4.50. The lowest BCUT2D eigenvalue weighted by Gasteiger charge is -2.10. The van der Waals surface area contributed by atoms with Crippen LogP contribution in [0.25, 0.3) is 33.0 Å². The molecule has 6 nitrogen and oxygen atoms in total. The van der Waals surface area contributed by atoms with Gasteiger partial charge in [-0.15, -0.1) is 0 Å².